The Morgan fingerprint density at radius 3 is 2.74 bits per heavy atom. The fourth-order valence-corrected chi connectivity index (χ4v) is 6.10. The van der Waals surface area contributed by atoms with Gasteiger partial charge in [0, 0.05) is 10.0 Å². The highest BCUT2D eigenvalue weighted by Crippen LogP contribution is 2.50. The Bertz CT molecular complexity index is 1120. The zero-order valence-corrected chi connectivity index (χ0v) is 21.6. The standard InChI is InChI=1S/C25H29BBrNO7/c1-4-14(10-15-11-16(27)6-7-19(15)29)5-8-20-21-13(2)9-17-22(18(21)12-26(33)35-20)24(31)28(23(17)30)25(32)34-3/h6-7,10-11,17-18,20,22,29,33H,4-5,8-9,12H2,1-3H3/b14-10+/t17-,18+,20-,22-/m1/s1. The molecule has 0 radical (unpaired) electrons. The average Bonchev–Trinajstić information content (AvgIpc) is 3.07. The fourth-order valence-electron chi connectivity index (χ4n) is 5.72. The van der Waals surface area contributed by atoms with E-state index in [1.807, 2.05) is 26.0 Å². The third kappa shape index (κ3) is 4.84. The maximum Gasteiger partial charge on any atom is 0.455 e. The molecule has 0 aromatic heterocycles. The number of allylic oxidation sites excluding steroid dienone is 2. The number of benzene rings is 1. The van der Waals surface area contributed by atoms with Crippen molar-refractivity contribution in [1.29, 1.82) is 0 Å². The second-order valence-electron chi connectivity index (χ2n) is 9.37. The smallest absolute Gasteiger partial charge is 0.455 e. The molecule has 2 heterocycles. The molecule has 1 aromatic rings. The molecular weight excluding hydrogens is 517 g/mol. The molecule has 0 bridgehead atoms. The number of hydrogen-bond donors (Lipinski definition) is 2. The minimum absolute atomic E-state index is 0.194. The molecule has 2 N–H and O–H groups in total. The first-order chi connectivity index (χ1) is 16.7. The summed E-state index contributed by atoms with van der Waals surface area (Å²) in [5, 5.41) is 20.7. The summed E-state index contributed by atoms with van der Waals surface area (Å²) in [6.45, 7) is 3.97. The van der Waals surface area contributed by atoms with Crippen LogP contribution in [0.3, 0.4) is 0 Å². The van der Waals surface area contributed by atoms with E-state index in [-0.39, 0.29) is 18.0 Å². The Labute approximate surface area is 213 Å². The highest BCUT2D eigenvalue weighted by Gasteiger charge is 2.58. The first-order valence-electron chi connectivity index (χ1n) is 11.8. The van der Waals surface area contributed by atoms with Gasteiger partial charge in [-0.25, -0.2) is 4.79 Å². The molecule has 35 heavy (non-hydrogen) atoms. The molecule has 3 amide bonds. The largest absolute Gasteiger partial charge is 0.507 e. The molecule has 2 aliphatic heterocycles. The van der Waals surface area contributed by atoms with Crippen LogP contribution < -0.4 is 0 Å². The number of ether oxygens (including phenoxy) is 1. The number of amides is 3. The molecule has 4 rings (SSSR count). The molecule has 4 atom stereocenters. The van der Waals surface area contributed by atoms with Gasteiger partial charge in [0.15, 0.2) is 0 Å². The van der Waals surface area contributed by atoms with Crippen molar-refractivity contribution in [3.63, 3.8) is 0 Å². The lowest BCUT2D eigenvalue weighted by Crippen LogP contribution is -2.46. The first-order valence-corrected chi connectivity index (χ1v) is 12.6. The van der Waals surface area contributed by atoms with E-state index in [0.717, 1.165) is 34.7 Å². The van der Waals surface area contributed by atoms with E-state index >= 15 is 0 Å². The van der Waals surface area contributed by atoms with Crippen molar-refractivity contribution >= 4 is 47.0 Å². The molecule has 2 saturated heterocycles. The zero-order valence-electron chi connectivity index (χ0n) is 20.0. The summed E-state index contributed by atoms with van der Waals surface area (Å²) < 4.78 is 11.5. The monoisotopic (exact) mass is 545 g/mol. The minimum Gasteiger partial charge on any atom is -0.507 e. The van der Waals surface area contributed by atoms with Gasteiger partial charge in [0.05, 0.1) is 25.0 Å². The predicted octanol–water partition coefficient (Wildman–Crippen LogP) is 4.31. The van der Waals surface area contributed by atoms with Crippen molar-refractivity contribution in [2.24, 2.45) is 17.8 Å². The van der Waals surface area contributed by atoms with Crippen molar-refractivity contribution < 1.29 is 33.9 Å². The van der Waals surface area contributed by atoms with Gasteiger partial charge in [0.2, 0.25) is 11.8 Å². The number of carbonyl (C=O) groups excluding carboxylic acids is 3. The molecule has 1 aromatic carbocycles. The van der Waals surface area contributed by atoms with Crippen LogP contribution in [0, 0.1) is 17.8 Å². The van der Waals surface area contributed by atoms with Gasteiger partial charge in [0.1, 0.15) is 5.75 Å². The second-order valence-corrected chi connectivity index (χ2v) is 10.3. The van der Waals surface area contributed by atoms with Crippen LogP contribution in [-0.2, 0) is 19.0 Å². The van der Waals surface area contributed by atoms with Crippen LogP contribution in [0.1, 0.15) is 45.1 Å². The van der Waals surface area contributed by atoms with Crippen molar-refractivity contribution in [2.45, 2.75) is 52.0 Å². The summed E-state index contributed by atoms with van der Waals surface area (Å²) in [5.74, 6) is -2.62. The predicted molar refractivity (Wildman–Crippen MR) is 133 cm³/mol. The molecule has 8 nitrogen and oxygen atoms in total. The maximum atomic E-state index is 13.1. The number of phenols is 1. The molecule has 0 spiro atoms. The molecule has 0 saturated carbocycles. The molecular formula is C25H29BBrNO7. The van der Waals surface area contributed by atoms with Gasteiger partial charge in [0.25, 0.3) is 0 Å². The molecule has 1 aliphatic carbocycles. The van der Waals surface area contributed by atoms with Gasteiger partial charge < -0.3 is 19.5 Å². The number of fused-ring (bicyclic) bond motifs is 3. The minimum atomic E-state index is -1.07. The van der Waals surface area contributed by atoms with E-state index in [1.165, 1.54) is 0 Å². The topological polar surface area (TPSA) is 113 Å². The third-order valence-electron chi connectivity index (χ3n) is 7.34. The number of phenolic OH excluding ortho intramolecular Hbond substituents is 1. The Morgan fingerprint density at radius 2 is 2.06 bits per heavy atom. The van der Waals surface area contributed by atoms with Crippen LogP contribution in [0.25, 0.3) is 6.08 Å². The lowest BCUT2D eigenvalue weighted by molar-refractivity contribution is -0.137. The highest BCUT2D eigenvalue weighted by atomic mass is 79.9. The van der Waals surface area contributed by atoms with E-state index in [2.05, 4.69) is 20.7 Å². The molecule has 186 valence electrons. The Kier molecular flexibility index (Phi) is 7.54. The van der Waals surface area contributed by atoms with Crippen molar-refractivity contribution in [3.8, 4) is 5.75 Å². The molecule has 3 aliphatic rings. The summed E-state index contributed by atoms with van der Waals surface area (Å²) in [5.41, 5.74) is 3.74. The second kappa shape index (κ2) is 10.3. The van der Waals surface area contributed by atoms with Crippen molar-refractivity contribution in [1.82, 2.24) is 4.90 Å². The van der Waals surface area contributed by atoms with E-state index in [4.69, 9.17) is 4.65 Å². The third-order valence-corrected chi connectivity index (χ3v) is 7.83. The van der Waals surface area contributed by atoms with Gasteiger partial charge in [-0.15, -0.1) is 0 Å². The molecule has 2 fully saturated rings. The SMILES string of the molecule is CC/C(=C\c1cc(Br)ccc1O)CC[C@H]1OB(O)C[C@H]2C1=C(C)C[C@H]1C(=O)N(C(=O)OC)C(=O)[C@H]12. The van der Waals surface area contributed by atoms with E-state index in [9.17, 15) is 24.5 Å². The number of halogens is 1. The number of nitrogens with zero attached hydrogens (tertiary/aromatic N) is 1. The van der Waals surface area contributed by atoms with Crippen LogP contribution in [0.5, 0.6) is 5.75 Å². The molecule has 0 unspecified atom stereocenters. The van der Waals surface area contributed by atoms with Crippen molar-refractivity contribution in [3.05, 3.63) is 45.0 Å². The Morgan fingerprint density at radius 1 is 1.31 bits per heavy atom. The number of rotatable bonds is 5. The van der Waals surface area contributed by atoms with E-state index < -0.39 is 43.0 Å². The summed E-state index contributed by atoms with van der Waals surface area (Å²) >= 11 is 3.43. The summed E-state index contributed by atoms with van der Waals surface area (Å²) in [7, 11) is 0.0689. The van der Waals surface area contributed by atoms with Gasteiger partial charge in [-0.1, -0.05) is 40.1 Å². The summed E-state index contributed by atoms with van der Waals surface area (Å²) in [6, 6.07) is 5.27. The average molecular weight is 546 g/mol. The Balaban J connectivity index is 1.58. The Hall–Kier alpha value is -2.43. The summed E-state index contributed by atoms with van der Waals surface area (Å²) in [6.07, 6.45) is 3.16. The number of carbonyl (C=O) groups is 3. The number of likely N-dealkylation sites (tertiary alicyclic amines) is 1. The number of imide groups is 3. The van der Waals surface area contributed by atoms with Crippen molar-refractivity contribution in [2.75, 3.05) is 7.11 Å². The fraction of sp³-hybridized carbons (Fsp3) is 0.480. The van der Waals surface area contributed by atoms with Crippen LogP contribution in [0.15, 0.2) is 39.4 Å². The molecule has 10 heteroatoms. The van der Waals surface area contributed by atoms with Crippen LogP contribution >= 0.6 is 15.9 Å². The maximum absolute atomic E-state index is 13.1. The first kappa shape index (κ1) is 25.7. The van der Waals surface area contributed by atoms with Crippen LogP contribution in [0.2, 0.25) is 6.32 Å². The van der Waals surface area contributed by atoms with E-state index in [1.54, 1.807) is 12.1 Å². The quantitative estimate of drug-likeness (QED) is 0.322. The number of methoxy groups -OCH3 is 1. The zero-order chi connectivity index (χ0) is 25.4. The van der Waals surface area contributed by atoms with Gasteiger partial charge >= 0.3 is 13.2 Å². The normalized spacial score (nSPS) is 26.7. The number of aromatic hydroxyl groups is 1. The van der Waals surface area contributed by atoms with E-state index in [0.29, 0.717) is 29.7 Å². The van der Waals surface area contributed by atoms with Gasteiger partial charge in [-0.3, -0.25) is 9.59 Å². The number of hydrogen-bond acceptors (Lipinski definition) is 7. The summed E-state index contributed by atoms with van der Waals surface area (Å²) in [4.78, 5) is 38.7. The van der Waals surface area contributed by atoms with Gasteiger partial charge in [-0.05, 0) is 68.6 Å². The van der Waals surface area contributed by atoms with Gasteiger partial charge in [-0.2, -0.15) is 4.90 Å². The lowest BCUT2D eigenvalue weighted by atomic mass is 9.59. The highest BCUT2D eigenvalue weighted by molar-refractivity contribution is 9.10. The lowest BCUT2D eigenvalue weighted by Gasteiger charge is -2.42. The van der Waals surface area contributed by atoms with Crippen LogP contribution in [0.4, 0.5) is 4.79 Å². The van der Waals surface area contributed by atoms with Crippen LogP contribution in [-0.4, -0.2) is 53.3 Å².